The quantitative estimate of drug-likeness (QED) is 0.816. The lowest BCUT2D eigenvalue weighted by molar-refractivity contribution is -0.127. The van der Waals surface area contributed by atoms with Crippen molar-refractivity contribution in [3.8, 4) is 0 Å². The molecule has 8 heteroatoms. The Morgan fingerprint density at radius 2 is 2.07 bits per heavy atom. The van der Waals surface area contributed by atoms with Gasteiger partial charge in [0.05, 0.1) is 30.4 Å². The third-order valence-electron chi connectivity index (χ3n) is 6.44. The molecule has 2 bridgehead atoms. The summed E-state index contributed by atoms with van der Waals surface area (Å²) in [5.41, 5.74) is 8.14. The van der Waals surface area contributed by atoms with Crippen molar-refractivity contribution in [3.63, 3.8) is 0 Å². The van der Waals surface area contributed by atoms with E-state index in [0.29, 0.717) is 24.9 Å². The molecule has 2 saturated carbocycles. The number of hydrogen-bond donors (Lipinski definition) is 2. The van der Waals surface area contributed by atoms with E-state index in [1.165, 1.54) is 6.42 Å². The Labute approximate surface area is 160 Å². The van der Waals surface area contributed by atoms with E-state index in [9.17, 15) is 9.59 Å². The number of carbonyl (C=O) groups is 2. The van der Waals surface area contributed by atoms with Crippen LogP contribution >= 0.6 is 0 Å². The lowest BCUT2D eigenvalue weighted by Crippen LogP contribution is -2.45. The van der Waals surface area contributed by atoms with Gasteiger partial charge in [-0.25, -0.2) is 4.79 Å². The first kappa shape index (κ1) is 18.3. The Kier molecular flexibility index (Phi) is 4.84. The molecule has 0 spiro atoms. The van der Waals surface area contributed by atoms with Gasteiger partial charge in [-0.3, -0.25) is 9.48 Å². The van der Waals surface area contributed by atoms with E-state index in [2.05, 4.69) is 10.4 Å². The molecule has 27 heavy (non-hydrogen) atoms. The van der Waals surface area contributed by atoms with E-state index in [4.69, 9.17) is 5.73 Å². The monoisotopic (exact) mass is 374 g/mol. The second kappa shape index (κ2) is 7.14. The Morgan fingerprint density at radius 3 is 2.78 bits per heavy atom. The lowest BCUT2D eigenvalue weighted by atomic mass is 9.84. The summed E-state index contributed by atoms with van der Waals surface area (Å²) in [6.07, 6.45) is 4.28. The van der Waals surface area contributed by atoms with Crippen molar-refractivity contribution in [2.24, 2.45) is 23.5 Å². The molecule has 4 rings (SSSR count). The second-order valence-electron chi connectivity index (χ2n) is 8.46. The van der Waals surface area contributed by atoms with Crippen LogP contribution in [0.5, 0.6) is 0 Å². The molecule has 148 valence electrons. The molecule has 0 unspecified atom stereocenters. The second-order valence-corrected chi connectivity index (χ2v) is 8.46. The van der Waals surface area contributed by atoms with Gasteiger partial charge in [0.1, 0.15) is 0 Å². The van der Waals surface area contributed by atoms with Gasteiger partial charge in [0.2, 0.25) is 5.91 Å². The van der Waals surface area contributed by atoms with Crippen LogP contribution in [0.15, 0.2) is 6.07 Å². The van der Waals surface area contributed by atoms with E-state index in [1.807, 2.05) is 15.6 Å². The van der Waals surface area contributed by atoms with E-state index < -0.39 is 0 Å². The largest absolute Gasteiger partial charge is 0.350 e. The van der Waals surface area contributed by atoms with E-state index in [-0.39, 0.29) is 23.9 Å². The highest BCUT2D eigenvalue weighted by Gasteiger charge is 2.48. The summed E-state index contributed by atoms with van der Waals surface area (Å²) in [6, 6.07) is 2.03. The van der Waals surface area contributed by atoms with Crippen LogP contribution in [0.2, 0.25) is 0 Å². The molecule has 0 saturated heterocycles. The van der Waals surface area contributed by atoms with Crippen LogP contribution in [0.4, 0.5) is 4.79 Å². The number of nitrogens with zero attached hydrogens (tertiary/aromatic N) is 4. The van der Waals surface area contributed by atoms with Crippen molar-refractivity contribution in [3.05, 3.63) is 17.5 Å². The average Bonchev–Trinajstić information content (AvgIpc) is 3.30. The van der Waals surface area contributed by atoms with Crippen LogP contribution < -0.4 is 11.1 Å². The molecule has 2 heterocycles. The van der Waals surface area contributed by atoms with Gasteiger partial charge < -0.3 is 20.9 Å². The SMILES string of the molecule is CN(C)C(=O)N1CCCn2nc(CNC(=O)[C@@H]3[C@@H]4CC[C@@H](C4)[C@@H]3N)cc2C1. The fraction of sp³-hybridized carbons (Fsp3) is 0.737. The number of hydrogen-bond acceptors (Lipinski definition) is 4. The van der Waals surface area contributed by atoms with Crippen LogP contribution in [0, 0.1) is 17.8 Å². The molecule has 1 aliphatic heterocycles. The third kappa shape index (κ3) is 3.42. The number of carbonyl (C=O) groups excluding carboxylic acids is 2. The summed E-state index contributed by atoms with van der Waals surface area (Å²) in [7, 11) is 3.54. The zero-order chi connectivity index (χ0) is 19.1. The summed E-state index contributed by atoms with van der Waals surface area (Å²) in [4.78, 5) is 28.4. The molecule has 3 N–H and O–H groups in total. The summed E-state index contributed by atoms with van der Waals surface area (Å²) in [5, 5.41) is 7.68. The molecule has 2 aliphatic carbocycles. The minimum atomic E-state index is -0.0441. The predicted molar refractivity (Wildman–Crippen MR) is 100 cm³/mol. The lowest BCUT2D eigenvalue weighted by Gasteiger charge is -2.26. The van der Waals surface area contributed by atoms with Crippen molar-refractivity contribution in [1.82, 2.24) is 24.9 Å². The number of rotatable bonds is 3. The number of aromatic nitrogens is 2. The van der Waals surface area contributed by atoms with Crippen molar-refractivity contribution in [2.75, 3.05) is 20.6 Å². The van der Waals surface area contributed by atoms with Gasteiger partial charge in [-0.05, 0) is 43.6 Å². The summed E-state index contributed by atoms with van der Waals surface area (Å²) in [5.74, 6) is 1.00. The van der Waals surface area contributed by atoms with Crippen molar-refractivity contribution >= 4 is 11.9 Å². The molecule has 0 radical (unpaired) electrons. The predicted octanol–water partition coefficient (Wildman–Crippen LogP) is 0.760. The highest BCUT2D eigenvalue weighted by atomic mass is 16.2. The molecule has 1 aromatic heterocycles. The summed E-state index contributed by atoms with van der Waals surface area (Å²) in [6.45, 7) is 2.49. The Morgan fingerprint density at radius 1 is 1.30 bits per heavy atom. The fourth-order valence-electron chi connectivity index (χ4n) is 5.07. The first-order valence-corrected chi connectivity index (χ1v) is 9.99. The van der Waals surface area contributed by atoms with Gasteiger partial charge in [-0.15, -0.1) is 0 Å². The summed E-state index contributed by atoms with van der Waals surface area (Å²) >= 11 is 0. The van der Waals surface area contributed by atoms with Crippen LogP contribution in [0.1, 0.15) is 37.1 Å². The van der Waals surface area contributed by atoms with Crippen molar-refractivity contribution in [1.29, 1.82) is 0 Å². The zero-order valence-electron chi connectivity index (χ0n) is 16.2. The molecule has 1 aromatic rings. The molecule has 3 amide bonds. The Hall–Kier alpha value is -2.09. The normalized spacial score (nSPS) is 29.4. The van der Waals surface area contributed by atoms with E-state index in [1.54, 1.807) is 19.0 Å². The number of nitrogens with one attached hydrogen (secondary N) is 1. The average molecular weight is 374 g/mol. The van der Waals surface area contributed by atoms with Crippen LogP contribution in [-0.2, 0) is 24.4 Å². The van der Waals surface area contributed by atoms with Gasteiger partial charge >= 0.3 is 6.03 Å². The third-order valence-corrected chi connectivity index (χ3v) is 6.44. The standard InChI is InChI=1S/C19H30N6O2/c1-23(2)19(27)24-6-3-7-25-15(11-24)9-14(22-25)10-21-18(26)16-12-4-5-13(8-12)17(16)20/h9,12-13,16-17H,3-8,10-11,20H2,1-2H3,(H,21,26)/t12-,13+,16-,17+/m1/s1. The first-order chi connectivity index (χ1) is 12.9. The van der Waals surface area contributed by atoms with Gasteiger partial charge in [-0.2, -0.15) is 5.10 Å². The zero-order valence-corrected chi connectivity index (χ0v) is 16.2. The van der Waals surface area contributed by atoms with Gasteiger partial charge in [0, 0.05) is 33.2 Å². The Balaban J connectivity index is 1.38. The first-order valence-electron chi connectivity index (χ1n) is 9.99. The minimum Gasteiger partial charge on any atom is -0.350 e. The highest BCUT2D eigenvalue weighted by molar-refractivity contribution is 5.80. The maximum atomic E-state index is 12.6. The number of fused-ring (bicyclic) bond motifs is 3. The fourth-order valence-corrected chi connectivity index (χ4v) is 5.07. The smallest absolute Gasteiger partial charge is 0.319 e. The molecular weight excluding hydrogens is 344 g/mol. The van der Waals surface area contributed by atoms with Crippen LogP contribution in [0.3, 0.4) is 0 Å². The molecule has 3 aliphatic rings. The molecule has 0 aromatic carbocycles. The number of aryl methyl sites for hydroxylation is 1. The van der Waals surface area contributed by atoms with Crippen LogP contribution in [0.25, 0.3) is 0 Å². The number of urea groups is 1. The van der Waals surface area contributed by atoms with Crippen LogP contribution in [-0.4, -0.2) is 58.2 Å². The maximum absolute atomic E-state index is 12.6. The van der Waals surface area contributed by atoms with Crippen molar-refractivity contribution in [2.45, 2.75) is 51.4 Å². The van der Waals surface area contributed by atoms with Crippen molar-refractivity contribution < 1.29 is 9.59 Å². The van der Waals surface area contributed by atoms with E-state index >= 15 is 0 Å². The van der Waals surface area contributed by atoms with E-state index in [0.717, 1.165) is 43.7 Å². The molecule has 4 atom stereocenters. The van der Waals surface area contributed by atoms with Gasteiger partial charge in [-0.1, -0.05) is 0 Å². The molecular formula is C19H30N6O2. The topological polar surface area (TPSA) is 96.5 Å². The highest BCUT2D eigenvalue weighted by Crippen LogP contribution is 2.47. The maximum Gasteiger partial charge on any atom is 0.319 e. The van der Waals surface area contributed by atoms with Gasteiger partial charge in [0.15, 0.2) is 0 Å². The minimum absolute atomic E-state index is 0.00747. The number of nitrogens with two attached hydrogens (primary N) is 1. The molecule has 2 fully saturated rings. The molecule has 8 nitrogen and oxygen atoms in total. The summed E-state index contributed by atoms with van der Waals surface area (Å²) < 4.78 is 1.97. The van der Waals surface area contributed by atoms with Gasteiger partial charge in [0.25, 0.3) is 0 Å². The number of amides is 3. The Bertz CT molecular complexity index is 728.